The maximum absolute atomic E-state index is 9.29. The summed E-state index contributed by atoms with van der Waals surface area (Å²) >= 11 is 0. The van der Waals surface area contributed by atoms with E-state index in [2.05, 4.69) is 10.3 Å². The summed E-state index contributed by atoms with van der Waals surface area (Å²) in [6, 6.07) is 0. The fourth-order valence-electron chi connectivity index (χ4n) is 1.40. The van der Waals surface area contributed by atoms with Crippen LogP contribution in [0.4, 0.5) is 0 Å². The van der Waals surface area contributed by atoms with Crippen LogP contribution in [0.5, 0.6) is 0 Å². The molecule has 0 saturated heterocycles. The van der Waals surface area contributed by atoms with Crippen LogP contribution in [0.2, 0.25) is 0 Å². The zero-order valence-electron chi connectivity index (χ0n) is 9.18. The first kappa shape index (κ1) is 12.1. The van der Waals surface area contributed by atoms with Crippen LogP contribution in [-0.4, -0.2) is 39.9 Å². The number of nitrogens with zero attached hydrogens (tertiary/aromatic N) is 3. The van der Waals surface area contributed by atoms with E-state index >= 15 is 0 Å². The molecule has 6 heteroatoms. The van der Waals surface area contributed by atoms with Crippen LogP contribution in [0.15, 0.2) is 0 Å². The van der Waals surface area contributed by atoms with Gasteiger partial charge in [-0.05, 0) is 6.92 Å². The summed E-state index contributed by atoms with van der Waals surface area (Å²) in [6.45, 7) is 3.11. The highest BCUT2D eigenvalue weighted by molar-refractivity contribution is 5.10. The summed E-state index contributed by atoms with van der Waals surface area (Å²) in [7, 11) is 1.64. The predicted molar refractivity (Wildman–Crippen MR) is 55.2 cm³/mol. The number of nitrogens with two attached hydrogens (primary N) is 1. The molecule has 0 aliphatic heterocycles. The van der Waals surface area contributed by atoms with Crippen LogP contribution in [-0.2, 0) is 24.2 Å². The second kappa shape index (κ2) is 5.79. The quantitative estimate of drug-likeness (QED) is 0.654. The van der Waals surface area contributed by atoms with Crippen LogP contribution in [0.25, 0.3) is 0 Å². The molecule has 1 aromatic rings. The fraction of sp³-hybridized carbons (Fsp3) is 0.778. The Morgan fingerprint density at radius 3 is 2.87 bits per heavy atom. The van der Waals surface area contributed by atoms with Gasteiger partial charge in [0.15, 0.2) is 0 Å². The number of hydrogen-bond donors (Lipinski definition) is 2. The lowest BCUT2D eigenvalue weighted by atomic mass is 10.2. The monoisotopic (exact) mass is 214 g/mol. The predicted octanol–water partition coefficient (Wildman–Crippen LogP) is -0.693. The van der Waals surface area contributed by atoms with Gasteiger partial charge in [0.1, 0.15) is 0 Å². The Balaban J connectivity index is 2.79. The summed E-state index contributed by atoms with van der Waals surface area (Å²) in [5.74, 6) is 0. The minimum atomic E-state index is -0.446. The normalized spacial score (nSPS) is 13.1. The number of methoxy groups -OCH3 is 1. The molecule has 1 aromatic heterocycles. The minimum Gasteiger partial charge on any atom is -0.391 e. The first-order valence-corrected chi connectivity index (χ1v) is 4.97. The maximum Gasteiger partial charge on any atom is 0.0995 e. The average Bonchev–Trinajstić information content (AvgIpc) is 2.56. The Morgan fingerprint density at radius 2 is 2.33 bits per heavy atom. The minimum absolute atomic E-state index is 0.360. The first-order valence-electron chi connectivity index (χ1n) is 4.97. The Bertz CT molecular complexity index is 298. The number of aliphatic hydroxyl groups is 1. The zero-order valence-corrected chi connectivity index (χ0v) is 9.18. The summed E-state index contributed by atoms with van der Waals surface area (Å²) in [5, 5.41) is 17.2. The van der Waals surface area contributed by atoms with E-state index in [4.69, 9.17) is 10.5 Å². The van der Waals surface area contributed by atoms with Gasteiger partial charge < -0.3 is 15.6 Å². The van der Waals surface area contributed by atoms with Crippen molar-refractivity contribution in [1.29, 1.82) is 0 Å². The molecule has 3 N–H and O–H groups in total. The molecule has 0 spiro atoms. The van der Waals surface area contributed by atoms with Crippen molar-refractivity contribution < 1.29 is 9.84 Å². The van der Waals surface area contributed by atoms with Gasteiger partial charge in [-0.15, -0.1) is 5.10 Å². The van der Waals surface area contributed by atoms with Crippen LogP contribution in [0, 0.1) is 0 Å². The van der Waals surface area contributed by atoms with Crippen LogP contribution in [0.1, 0.15) is 18.3 Å². The molecule has 86 valence electrons. The Labute approximate surface area is 89.0 Å². The van der Waals surface area contributed by atoms with E-state index in [0.29, 0.717) is 26.1 Å². The van der Waals surface area contributed by atoms with E-state index in [-0.39, 0.29) is 0 Å². The lowest BCUT2D eigenvalue weighted by molar-refractivity contribution is 0.163. The van der Waals surface area contributed by atoms with Crippen molar-refractivity contribution in [3.8, 4) is 0 Å². The number of aromatic nitrogens is 3. The third kappa shape index (κ3) is 3.26. The molecule has 1 unspecified atom stereocenters. The molecule has 1 rings (SSSR count). The molecule has 0 amide bonds. The van der Waals surface area contributed by atoms with Crippen molar-refractivity contribution in [1.82, 2.24) is 15.0 Å². The van der Waals surface area contributed by atoms with Crippen LogP contribution >= 0.6 is 0 Å². The van der Waals surface area contributed by atoms with Gasteiger partial charge in [0.25, 0.3) is 0 Å². The van der Waals surface area contributed by atoms with E-state index in [9.17, 15) is 5.11 Å². The van der Waals surface area contributed by atoms with Gasteiger partial charge in [-0.3, -0.25) is 0 Å². The number of rotatable bonds is 6. The standard InChI is InChI=1S/C9H18N4O2/c1-7(14)6-13-9(3-4-15-2)8(5-10)11-12-13/h7,14H,3-6,10H2,1-2H3. The smallest absolute Gasteiger partial charge is 0.0995 e. The Kier molecular flexibility index (Phi) is 4.67. The zero-order chi connectivity index (χ0) is 11.3. The van der Waals surface area contributed by atoms with Crippen LogP contribution in [0.3, 0.4) is 0 Å². The highest BCUT2D eigenvalue weighted by Gasteiger charge is 2.12. The molecule has 0 aliphatic rings. The molecule has 0 aromatic carbocycles. The third-order valence-electron chi connectivity index (χ3n) is 2.09. The van der Waals surface area contributed by atoms with Gasteiger partial charge in [-0.25, -0.2) is 4.68 Å². The molecule has 0 radical (unpaired) electrons. The van der Waals surface area contributed by atoms with Crippen molar-refractivity contribution in [3.05, 3.63) is 11.4 Å². The highest BCUT2D eigenvalue weighted by Crippen LogP contribution is 2.07. The molecule has 0 fully saturated rings. The molecular weight excluding hydrogens is 196 g/mol. The second-order valence-corrected chi connectivity index (χ2v) is 3.46. The third-order valence-corrected chi connectivity index (χ3v) is 2.09. The molecule has 0 bridgehead atoms. The van der Waals surface area contributed by atoms with Gasteiger partial charge in [0.2, 0.25) is 0 Å². The molecule has 0 saturated carbocycles. The van der Waals surface area contributed by atoms with Gasteiger partial charge in [0, 0.05) is 20.1 Å². The highest BCUT2D eigenvalue weighted by atomic mass is 16.5. The SMILES string of the molecule is COCCc1c(CN)nnn1CC(C)O. The number of aliphatic hydroxyl groups excluding tert-OH is 1. The van der Waals surface area contributed by atoms with Crippen molar-refractivity contribution in [2.24, 2.45) is 5.73 Å². The summed E-state index contributed by atoms with van der Waals surface area (Å²) in [4.78, 5) is 0. The van der Waals surface area contributed by atoms with Crippen molar-refractivity contribution in [2.75, 3.05) is 13.7 Å². The number of hydrogen-bond acceptors (Lipinski definition) is 5. The van der Waals surface area contributed by atoms with Gasteiger partial charge in [0.05, 0.1) is 30.6 Å². The number of ether oxygens (including phenoxy) is 1. The molecule has 6 nitrogen and oxygen atoms in total. The van der Waals surface area contributed by atoms with E-state index in [1.165, 1.54) is 0 Å². The molecule has 1 heterocycles. The van der Waals surface area contributed by atoms with E-state index < -0.39 is 6.10 Å². The summed E-state index contributed by atoms with van der Waals surface area (Å²) in [6.07, 6.45) is 0.265. The van der Waals surface area contributed by atoms with Gasteiger partial charge in [-0.2, -0.15) is 0 Å². The lowest BCUT2D eigenvalue weighted by Gasteiger charge is -2.08. The van der Waals surface area contributed by atoms with Crippen LogP contribution < -0.4 is 5.73 Å². The summed E-state index contributed by atoms with van der Waals surface area (Å²) in [5.41, 5.74) is 7.26. The molecule has 1 atom stereocenters. The molecule has 0 aliphatic carbocycles. The average molecular weight is 214 g/mol. The second-order valence-electron chi connectivity index (χ2n) is 3.46. The Hall–Kier alpha value is -0.980. The first-order chi connectivity index (χ1) is 7.19. The van der Waals surface area contributed by atoms with Gasteiger partial charge >= 0.3 is 0 Å². The van der Waals surface area contributed by atoms with Crippen molar-refractivity contribution in [2.45, 2.75) is 32.5 Å². The van der Waals surface area contributed by atoms with Crippen molar-refractivity contribution >= 4 is 0 Å². The maximum atomic E-state index is 9.29. The van der Waals surface area contributed by atoms with E-state index in [0.717, 1.165) is 11.4 Å². The van der Waals surface area contributed by atoms with E-state index in [1.807, 2.05) is 0 Å². The van der Waals surface area contributed by atoms with Gasteiger partial charge in [-0.1, -0.05) is 5.21 Å². The molecule has 15 heavy (non-hydrogen) atoms. The van der Waals surface area contributed by atoms with E-state index in [1.54, 1.807) is 18.7 Å². The fourth-order valence-corrected chi connectivity index (χ4v) is 1.40. The lowest BCUT2D eigenvalue weighted by Crippen LogP contribution is -2.17. The van der Waals surface area contributed by atoms with Crippen molar-refractivity contribution in [3.63, 3.8) is 0 Å². The summed E-state index contributed by atoms with van der Waals surface area (Å²) < 4.78 is 6.69. The molecular formula is C9H18N4O2. The largest absolute Gasteiger partial charge is 0.391 e. The Morgan fingerprint density at radius 1 is 1.60 bits per heavy atom. The topological polar surface area (TPSA) is 86.2 Å².